The van der Waals surface area contributed by atoms with Gasteiger partial charge in [-0.25, -0.2) is 0 Å². The second kappa shape index (κ2) is 4.54. The van der Waals surface area contributed by atoms with Crippen molar-refractivity contribution < 1.29 is 4.74 Å². The summed E-state index contributed by atoms with van der Waals surface area (Å²) in [5.41, 5.74) is 2.92. The molecule has 1 heterocycles. The molecule has 0 aliphatic carbocycles. The SMILES string of the molecule is Cc1ccc(N2CCOCC2C)c(C#N)c1. The molecule has 84 valence electrons. The molecule has 0 aromatic heterocycles. The molecule has 1 saturated heterocycles. The van der Waals surface area contributed by atoms with Gasteiger partial charge in [0, 0.05) is 12.6 Å². The van der Waals surface area contributed by atoms with E-state index in [0.29, 0.717) is 6.04 Å². The lowest BCUT2D eigenvalue weighted by Gasteiger charge is -2.35. The Balaban J connectivity index is 2.35. The van der Waals surface area contributed by atoms with Crippen molar-refractivity contribution in [1.82, 2.24) is 0 Å². The summed E-state index contributed by atoms with van der Waals surface area (Å²) in [6.07, 6.45) is 0. The standard InChI is InChI=1S/C13H16N2O/c1-10-3-4-13(12(7-10)8-14)15-5-6-16-9-11(15)2/h3-4,7,11H,5-6,9H2,1-2H3. The number of hydrogen-bond acceptors (Lipinski definition) is 3. The smallest absolute Gasteiger partial charge is 0.101 e. The molecule has 1 aromatic carbocycles. The number of ether oxygens (including phenoxy) is 1. The quantitative estimate of drug-likeness (QED) is 0.721. The zero-order chi connectivity index (χ0) is 11.5. The van der Waals surface area contributed by atoms with Crippen molar-refractivity contribution in [2.45, 2.75) is 19.9 Å². The van der Waals surface area contributed by atoms with Crippen LogP contribution in [0.4, 0.5) is 5.69 Å². The molecule has 1 unspecified atom stereocenters. The van der Waals surface area contributed by atoms with Gasteiger partial charge in [0.2, 0.25) is 0 Å². The van der Waals surface area contributed by atoms with E-state index in [1.54, 1.807) is 0 Å². The molecule has 1 fully saturated rings. The Morgan fingerprint density at radius 3 is 3.00 bits per heavy atom. The van der Waals surface area contributed by atoms with Crippen LogP contribution in [0.2, 0.25) is 0 Å². The molecule has 3 nitrogen and oxygen atoms in total. The molecule has 16 heavy (non-hydrogen) atoms. The fourth-order valence-corrected chi connectivity index (χ4v) is 2.07. The minimum Gasteiger partial charge on any atom is -0.377 e. The Hall–Kier alpha value is -1.53. The van der Waals surface area contributed by atoms with E-state index in [9.17, 15) is 0 Å². The monoisotopic (exact) mass is 216 g/mol. The van der Waals surface area contributed by atoms with Crippen molar-refractivity contribution in [2.24, 2.45) is 0 Å². The number of anilines is 1. The number of morpholine rings is 1. The van der Waals surface area contributed by atoms with Gasteiger partial charge in [0.15, 0.2) is 0 Å². The number of nitriles is 1. The van der Waals surface area contributed by atoms with Crippen LogP contribution in [-0.2, 0) is 4.74 Å². The first kappa shape index (κ1) is 11.0. The Kier molecular flexibility index (Phi) is 3.12. The van der Waals surface area contributed by atoms with E-state index in [1.165, 1.54) is 0 Å². The number of hydrogen-bond donors (Lipinski definition) is 0. The summed E-state index contributed by atoms with van der Waals surface area (Å²) in [6, 6.07) is 8.64. The van der Waals surface area contributed by atoms with Crippen LogP contribution in [0.25, 0.3) is 0 Å². The highest BCUT2D eigenvalue weighted by atomic mass is 16.5. The van der Waals surface area contributed by atoms with Crippen molar-refractivity contribution in [3.63, 3.8) is 0 Å². The number of aryl methyl sites for hydroxylation is 1. The van der Waals surface area contributed by atoms with Gasteiger partial charge in [0.05, 0.1) is 24.5 Å². The van der Waals surface area contributed by atoms with Crippen molar-refractivity contribution in [1.29, 1.82) is 5.26 Å². The van der Waals surface area contributed by atoms with Gasteiger partial charge in [-0.15, -0.1) is 0 Å². The maximum absolute atomic E-state index is 9.15. The molecule has 0 amide bonds. The molecule has 1 aliphatic heterocycles. The highest BCUT2D eigenvalue weighted by Gasteiger charge is 2.21. The van der Waals surface area contributed by atoms with E-state index >= 15 is 0 Å². The Morgan fingerprint density at radius 1 is 1.50 bits per heavy atom. The molecule has 1 aromatic rings. The summed E-state index contributed by atoms with van der Waals surface area (Å²) >= 11 is 0. The first-order valence-electron chi connectivity index (χ1n) is 5.57. The molecule has 0 spiro atoms. The zero-order valence-electron chi connectivity index (χ0n) is 9.73. The van der Waals surface area contributed by atoms with E-state index in [-0.39, 0.29) is 0 Å². The second-order valence-electron chi connectivity index (χ2n) is 4.25. The highest BCUT2D eigenvalue weighted by molar-refractivity contribution is 5.61. The lowest BCUT2D eigenvalue weighted by Crippen LogP contribution is -2.44. The van der Waals surface area contributed by atoms with Gasteiger partial charge in [0.25, 0.3) is 0 Å². The zero-order valence-corrected chi connectivity index (χ0v) is 9.73. The highest BCUT2D eigenvalue weighted by Crippen LogP contribution is 2.24. The molecule has 2 rings (SSSR count). The average molecular weight is 216 g/mol. The minimum atomic E-state index is 0.337. The molecule has 0 N–H and O–H groups in total. The van der Waals surface area contributed by atoms with E-state index in [4.69, 9.17) is 10.00 Å². The fourth-order valence-electron chi connectivity index (χ4n) is 2.07. The lowest BCUT2D eigenvalue weighted by atomic mass is 10.1. The first-order valence-corrected chi connectivity index (χ1v) is 5.57. The maximum atomic E-state index is 9.15. The third-order valence-electron chi connectivity index (χ3n) is 2.95. The summed E-state index contributed by atoms with van der Waals surface area (Å²) in [5, 5.41) is 9.15. The molecular weight excluding hydrogens is 200 g/mol. The van der Waals surface area contributed by atoms with Gasteiger partial charge in [-0.05, 0) is 31.5 Å². The summed E-state index contributed by atoms with van der Waals surface area (Å²) in [6.45, 7) is 6.47. The van der Waals surface area contributed by atoms with E-state index in [1.807, 2.05) is 19.1 Å². The second-order valence-corrected chi connectivity index (χ2v) is 4.25. The van der Waals surface area contributed by atoms with E-state index in [2.05, 4.69) is 24.0 Å². The average Bonchev–Trinajstić information content (AvgIpc) is 2.30. The van der Waals surface area contributed by atoms with Crippen LogP contribution in [0.15, 0.2) is 18.2 Å². The molecule has 1 atom stereocenters. The van der Waals surface area contributed by atoms with Crippen LogP contribution in [0.1, 0.15) is 18.1 Å². The molecule has 0 saturated carbocycles. The van der Waals surface area contributed by atoms with Gasteiger partial charge in [-0.2, -0.15) is 5.26 Å². The molecule has 1 aliphatic rings. The van der Waals surface area contributed by atoms with Crippen LogP contribution >= 0.6 is 0 Å². The predicted molar refractivity (Wildman–Crippen MR) is 63.5 cm³/mol. The van der Waals surface area contributed by atoms with E-state index < -0.39 is 0 Å². The van der Waals surface area contributed by atoms with Crippen LogP contribution in [-0.4, -0.2) is 25.8 Å². The number of benzene rings is 1. The topological polar surface area (TPSA) is 36.3 Å². The normalized spacial score (nSPS) is 20.6. The van der Waals surface area contributed by atoms with Crippen molar-refractivity contribution in [3.05, 3.63) is 29.3 Å². The molecule has 3 heteroatoms. The minimum absolute atomic E-state index is 0.337. The Labute approximate surface area is 96.2 Å². The van der Waals surface area contributed by atoms with Crippen molar-refractivity contribution in [2.75, 3.05) is 24.7 Å². The third kappa shape index (κ3) is 2.02. The number of rotatable bonds is 1. The van der Waals surface area contributed by atoms with Crippen LogP contribution in [0.5, 0.6) is 0 Å². The third-order valence-corrected chi connectivity index (χ3v) is 2.95. The fraction of sp³-hybridized carbons (Fsp3) is 0.462. The molecule has 0 radical (unpaired) electrons. The summed E-state index contributed by atoms with van der Waals surface area (Å²) in [7, 11) is 0. The predicted octanol–water partition coefficient (Wildman–Crippen LogP) is 2.09. The first-order chi connectivity index (χ1) is 7.72. The van der Waals surface area contributed by atoms with Gasteiger partial charge in [-0.1, -0.05) is 6.07 Å². The van der Waals surface area contributed by atoms with Crippen LogP contribution in [0, 0.1) is 18.3 Å². The van der Waals surface area contributed by atoms with E-state index in [0.717, 1.165) is 36.6 Å². The van der Waals surface area contributed by atoms with Crippen molar-refractivity contribution >= 4 is 5.69 Å². The van der Waals surface area contributed by atoms with Gasteiger partial charge in [-0.3, -0.25) is 0 Å². The molecule has 0 bridgehead atoms. The van der Waals surface area contributed by atoms with Gasteiger partial charge in [0.1, 0.15) is 6.07 Å². The molecular formula is C13H16N2O. The summed E-state index contributed by atoms with van der Waals surface area (Å²) in [5.74, 6) is 0. The number of nitrogens with zero attached hydrogens (tertiary/aromatic N) is 2. The van der Waals surface area contributed by atoms with Crippen LogP contribution < -0.4 is 4.90 Å². The lowest BCUT2D eigenvalue weighted by molar-refractivity contribution is 0.0989. The largest absolute Gasteiger partial charge is 0.377 e. The van der Waals surface area contributed by atoms with Crippen molar-refractivity contribution in [3.8, 4) is 6.07 Å². The Bertz CT molecular complexity index is 422. The summed E-state index contributed by atoms with van der Waals surface area (Å²) in [4.78, 5) is 2.25. The van der Waals surface area contributed by atoms with Gasteiger partial charge < -0.3 is 9.64 Å². The van der Waals surface area contributed by atoms with Crippen LogP contribution in [0.3, 0.4) is 0 Å². The van der Waals surface area contributed by atoms with Gasteiger partial charge >= 0.3 is 0 Å². The Morgan fingerprint density at radius 2 is 2.31 bits per heavy atom. The maximum Gasteiger partial charge on any atom is 0.101 e. The summed E-state index contributed by atoms with van der Waals surface area (Å²) < 4.78 is 5.41.